The lowest BCUT2D eigenvalue weighted by atomic mass is 10.1. The van der Waals surface area contributed by atoms with Gasteiger partial charge in [0.25, 0.3) is 5.91 Å². The molecule has 3 aromatic rings. The lowest BCUT2D eigenvalue weighted by Crippen LogP contribution is -2.10. The van der Waals surface area contributed by atoms with Crippen LogP contribution in [-0.4, -0.2) is 25.1 Å². The summed E-state index contributed by atoms with van der Waals surface area (Å²) in [4.78, 5) is 16.2. The fraction of sp³-hybridized carbons (Fsp3) is 0.111. The minimum Gasteiger partial charge on any atom is -0.496 e. The molecular formula is C18H16N2O4. The standard InChI is InChI=1S/C18H16N2O4/c1-22-13-6-3-7-14(23-2)17(13)15-8-9-16(24-15)18(21)20-12-5-4-10-19-11-12/h3-11H,1-2H3,(H,20,21). The summed E-state index contributed by atoms with van der Waals surface area (Å²) in [5.74, 6) is 1.51. The van der Waals surface area contributed by atoms with Crippen molar-refractivity contribution in [1.82, 2.24) is 4.98 Å². The third-order valence-electron chi connectivity index (χ3n) is 3.42. The number of methoxy groups -OCH3 is 2. The van der Waals surface area contributed by atoms with Crippen molar-refractivity contribution in [2.75, 3.05) is 19.5 Å². The number of ether oxygens (including phenoxy) is 2. The number of hydrogen-bond acceptors (Lipinski definition) is 5. The highest BCUT2D eigenvalue weighted by molar-refractivity contribution is 6.02. The van der Waals surface area contributed by atoms with E-state index < -0.39 is 0 Å². The molecule has 6 nitrogen and oxygen atoms in total. The lowest BCUT2D eigenvalue weighted by molar-refractivity contribution is 0.0997. The average Bonchev–Trinajstić information content (AvgIpc) is 3.11. The molecule has 24 heavy (non-hydrogen) atoms. The highest BCUT2D eigenvalue weighted by atomic mass is 16.5. The molecule has 0 aliphatic carbocycles. The number of amides is 1. The maximum atomic E-state index is 12.3. The molecule has 2 aromatic heterocycles. The second kappa shape index (κ2) is 6.87. The van der Waals surface area contributed by atoms with E-state index in [4.69, 9.17) is 13.9 Å². The van der Waals surface area contributed by atoms with Crippen molar-refractivity contribution >= 4 is 11.6 Å². The molecule has 2 heterocycles. The van der Waals surface area contributed by atoms with Crippen LogP contribution in [0.5, 0.6) is 11.5 Å². The van der Waals surface area contributed by atoms with Crippen LogP contribution in [0.2, 0.25) is 0 Å². The number of aromatic nitrogens is 1. The van der Waals surface area contributed by atoms with E-state index in [2.05, 4.69) is 10.3 Å². The van der Waals surface area contributed by atoms with Crippen LogP contribution in [0.15, 0.2) is 59.3 Å². The Morgan fingerprint density at radius 3 is 2.42 bits per heavy atom. The Labute approximate surface area is 139 Å². The van der Waals surface area contributed by atoms with Gasteiger partial charge in [0.05, 0.1) is 26.1 Å². The molecular weight excluding hydrogens is 308 g/mol. The van der Waals surface area contributed by atoms with Gasteiger partial charge in [0.2, 0.25) is 0 Å². The Morgan fingerprint density at radius 2 is 1.79 bits per heavy atom. The third kappa shape index (κ3) is 3.08. The molecule has 0 atom stereocenters. The van der Waals surface area contributed by atoms with Gasteiger partial charge >= 0.3 is 0 Å². The molecule has 1 N–H and O–H groups in total. The van der Waals surface area contributed by atoms with Gasteiger partial charge in [0, 0.05) is 6.20 Å². The summed E-state index contributed by atoms with van der Waals surface area (Å²) in [6.45, 7) is 0. The van der Waals surface area contributed by atoms with Gasteiger partial charge in [0.1, 0.15) is 22.8 Å². The van der Waals surface area contributed by atoms with Crippen LogP contribution in [0.4, 0.5) is 5.69 Å². The molecule has 1 amide bonds. The van der Waals surface area contributed by atoms with E-state index >= 15 is 0 Å². The molecule has 0 aliphatic rings. The summed E-state index contributed by atoms with van der Waals surface area (Å²) in [6, 6.07) is 12.2. The van der Waals surface area contributed by atoms with Gasteiger partial charge in [-0.2, -0.15) is 0 Å². The molecule has 0 radical (unpaired) electrons. The minimum atomic E-state index is -0.358. The Morgan fingerprint density at radius 1 is 1.04 bits per heavy atom. The first-order valence-electron chi connectivity index (χ1n) is 7.25. The second-order valence-corrected chi connectivity index (χ2v) is 4.90. The fourth-order valence-electron chi connectivity index (χ4n) is 2.32. The molecule has 0 fully saturated rings. The summed E-state index contributed by atoms with van der Waals surface area (Å²) in [6.07, 6.45) is 3.19. The Bertz CT molecular complexity index is 821. The van der Waals surface area contributed by atoms with Crippen molar-refractivity contribution in [1.29, 1.82) is 0 Å². The van der Waals surface area contributed by atoms with Crippen LogP contribution in [0.25, 0.3) is 11.3 Å². The highest BCUT2D eigenvalue weighted by Crippen LogP contribution is 2.39. The van der Waals surface area contributed by atoms with Gasteiger partial charge in [-0.25, -0.2) is 0 Å². The normalized spacial score (nSPS) is 10.2. The number of nitrogens with one attached hydrogen (secondary N) is 1. The van der Waals surface area contributed by atoms with E-state index in [0.29, 0.717) is 28.5 Å². The number of pyridine rings is 1. The van der Waals surface area contributed by atoms with Gasteiger partial charge in [-0.1, -0.05) is 6.07 Å². The number of anilines is 1. The van der Waals surface area contributed by atoms with Gasteiger partial charge < -0.3 is 19.2 Å². The van der Waals surface area contributed by atoms with E-state index in [1.54, 1.807) is 63.0 Å². The van der Waals surface area contributed by atoms with Crippen LogP contribution < -0.4 is 14.8 Å². The van der Waals surface area contributed by atoms with Crippen LogP contribution in [-0.2, 0) is 0 Å². The molecule has 0 saturated carbocycles. The Kier molecular flexibility index (Phi) is 4.47. The minimum absolute atomic E-state index is 0.182. The van der Waals surface area contributed by atoms with E-state index in [1.165, 1.54) is 0 Å². The average molecular weight is 324 g/mol. The van der Waals surface area contributed by atoms with Crippen LogP contribution in [0, 0.1) is 0 Å². The fourth-order valence-corrected chi connectivity index (χ4v) is 2.32. The maximum absolute atomic E-state index is 12.3. The lowest BCUT2D eigenvalue weighted by Gasteiger charge is -2.10. The molecule has 0 saturated heterocycles. The van der Waals surface area contributed by atoms with Crippen molar-refractivity contribution in [3.05, 3.63) is 60.6 Å². The summed E-state index contributed by atoms with van der Waals surface area (Å²) < 4.78 is 16.4. The molecule has 0 unspecified atom stereocenters. The maximum Gasteiger partial charge on any atom is 0.291 e. The van der Waals surface area contributed by atoms with Gasteiger partial charge in [-0.05, 0) is 36.4 Å². The quantitative estimate of drug-likeness (QED) is 0.776. The predicted octanol–water partition coefficient (Wildman–Crippen LogP) is 3.61. The third-order valence-corrected chi connectivity index (χ3v) is 3.42. The van der Waals surface area contributed by atoms with Gasteiger partial charge in [0.15, 0.2) is 5.76 Å². The number of benzene rings is 1. The van der Waals surface area contributed by atoms with Crippen molar-refractivity contribution in [2.45, 2.75) is 0 Å². The zero-order valence-corrected chi connectivity index (χ0v) is 13.3. The molecule has 1 aromatic carbocycles. The SMILES string of the molecule is COc1cccc(OC)c1-c1ccc(C(=O)Nc2cccnc2)o1. The summed E-state index contributed by atoms with van der Waals surface area (Å²) >= 11 is 0. The van der Waals surface area contributed by atoms with Crippen molar-refractivity contribution in [2.24, 2.45) is 0 Å². The predicted molar refractivity (Wildman–Crippen MR) is 89.4 cm³/mol. The first kappa shape index (κ1) is 15.6. The Balaban J connectivity index is 1.90. The van der Waals surface area contributed by atoms with E-state index in [9.17, 15) is 4.79 Å². The zero-order valence-electron chi connectivity index (χ0n) is 13.3. The van der Waals surface area contributed by atoms with Crippen molar-refractivity contribution in [3.63, 3.8) is 0 Å². The number of carbonyl (C=O) groups is 1. The molecule has 0 bridgehead atoms. The zero-order chi connectivity index (χ0) is 16.9. The number of carbonyl (C=O) groups excluding carboxylic acids is 1. The Hall–Kier alpha value is -3.28. The van der Waals surface area contributed by atoms with Gasteiger partial charge in [-0.3, -0.25) is 9.78 Å². The molecule has 6 heteroatoms. The topological polar surface area (TPSA) is 73.6 Å². The van der Waals surface area contributed by atoms with E-state index in [-0.39, 0.29) is 11.7 Å². The van der Waals surface area contributed by atoms with Crippen molar-refractivity contribution in [3.8, 4) is 22.8 Å². The van der Waals surface area contributed by atoms with Crippen molar-refractivity contribution < 1.29 is 18.7 Å². The molecule has 0 aliphatic heterocycles. The first-order valence-corrected chi connectivity index (χ1v) is 7.25. The van der Waals surface area contributed by atoms with Crippen LogP contribution in [0.3, 0.4) is 0 Å². The smallest absolute Gasteiger partial charge is 0.291 e. The molecule has 122 valence electrons. The highest BCUT2D eigenvalue weighted by Gasteiger charge is 2.18. The number of hydrogen-bond donors (Lipinski definition) is 1. The monoisotopic (exact) mass is 324 g/mol. The summed E-state index contributed by atoms with van der Waals surface area (Å²) in [5.41, 5.74) is 1.25. The number of rotatable bonds is 5. The summed E-state index contributed by atoms with van der Waals surface area (Å²) in [7, 11) is 3.13. The van der Waals surface area contributed by atoms with E-state index in [0.717, 1.165) is 0 Å². The van der Waals surface area contributed by atoms with Gasteiger partial charge in [-0.15, -0.1) is 0 Å². The second-order valence-electron chi connectivity index (χ2n) is 4.90. The summed E-state index contributed by atoms with van der Waals surface area (Å²) in [5, 5.41) is 2.72. The first-order chi connectivity index (χ1) is 11.7. The number of nitrogens with zero attached hydrogens (tertiary/aromatic N) is 1. The molecule has 0 spiro atoms. The number of furan rings is 1. The van der Waals surface area contributed by atoms with Crippen LogP contribution >= 0.6 is 0 Å². The molecule has 3 rings (SSSR count). The van der Waals surface area contributed by atoms with Crippen LogP contribution in [0.1, 0.15) is 10.6 Å². The largest absolute Gasteiger partial charge is 0.496 e. The van der Waals surface area contributed by atoms with E-state index in [1.807, 2.05) is 6.07 Å².